The quantitative estimate of drug-likeness (QED) is 0.720. The third-order valence-electron chi connectivity index (χ3n) is 3.15. The molecule has 0 amide bonds. The third kappa shape index (κ3) is 3.23. The van der Waals surface area contributed by atoms with Crippen molar-refractivity contribution in [1.82, 2.24) is 5.32 Å². The van der Waals surface area contributed by atoms with Crippen molar-refractivity contribution in [2.45, 2.75) is 18.6 Å². The van der Waals surface area contributed by atoms with Gasteiger partial charge >= 0.3 is 11.9 Å². The Morgan fingerprint density at radius 3 is 2.53 bits per heavy atom. The van der Waals surface area contributed by atoms with E-state index < -0.39 is 30.0 Å². The van der Waals surface area contributed by atoms with E-state index in [-0.39, 0.29) is 6.42 Å². The number of hydrogen-bond acceptors (Lipinski definition) is 4. The second-order valence-corrected chi connectivity index (χ2v) is 4.46. The molecule has 6 nitrogen and oxygen atoms in total. The summed E-state index contributed by atoms with van der Waals surface area (Å²) in [4.78, 5) is 21.9. The van der Waals surface area contributed by atoms with Crippen LogP contribution in [0.15, 0.2) is 30.3 Å². The van der Waals surface area contributed by atoms with Crippen LogP contribution < -0.4 is 10.1 Å². The molecule has 102 valence electrons. The van der Waals surface area contributed by atoms with Gasteiger partial charge in [-0.05, 0) is 12.1 Å². The SMILES string of the molecule is O=C(O)CC1C(C(=O)O)NC[C@H]1Oc1ccccc1. The second-order valence-electron chi connectivity index (χ2n) is 4.46. The molecule has 0 saturated carbocycles. The zero-order valence-electron chi connectivity index (χ0n) is 10.2. The van der Waals surface area contributed by atoms with Crippen LogP contribution in [-0.2, 0) is 9.59 Å². The van der Waals surface area contributed by atoms with Gasteiger partial charge in [-0.2, -0.15) is 0 Å². The highest BCUT2D eigenvalue weighted by atomic mass is 16.5. The standard InChI is InChI=1S/C13H15NO5/c15-11(16)6-9-10(7-14-12(9)13(17)18)19-8-4-2-1-3-5-8/h1-5,9-10,12,14H,6-7H2,(H,15,16)(H,17,18)/t9?,10-,12?/m1/s1. The Morgan fingerprint density at radius 2 is 1.95 bits per heavy atom. The highest BCUT2D eigenvalue weighted by Crippen LogP contribution is 2.25. The summed E-state index contributed by atoms with van der Waals surface area (Å²) in [6.07, 6.45) is -0.693. The van der Waals surface area contributed by atoms with Gasteiger partial charge in [0.15, 0.2) is 0 Å². The molecular weight excluding hydrogens is 250 g/mol. The van der Waals surface area contributed by atoms with Crippen LogP contribution in [-0.4, -0.2) is 40.8 Å². The summed E-state index contributed by atoms with van der Waals surface area (Å²) in [6.45, 7) is 0.323. The molecular formula is C13H15NO5. The number of nitrogens with one attached hydrogen (secondary N) is 1. The molecule has 3 atom stereocenters. The Balaban J connectivity index is 2.10. The molecule has 1 heterocycles. The fraction of sp³-hybridized carbons (Fsp3) is 0.385. The molecule has 0 bridgehead atoms. The zero-order valence-corrected chi connectivity index (χ0v) is 10.2. The Morgan fingerprint density at radius 1 is 1.26 bits per heavy atom. The minimum atomic E-state index is -1.05. The summed E-state index contributed by atoms with van der Waals surface area (Å²) in [7, 11) is 0. The van der Waals surface area contributed by atoms with Gasteiger partial charge in [-0.25, -0.2) is 0 Å². The van der Waals surface area contributed by atoms with E-state index >= 15 is 0 Å². The topological polar surface area (TPSA) is 95.9 Å². The van der Waals surface area contributed by atoms with E-state index in [1.54, 1.807) is 24.3 Å². The first-order valence-corrected chi connectivity index (χ1v) is 5.97. The van der Waals surface area contributed by atoms with Crippen molar-refractivity contribution < 1.29 is 24.5 Å². The van der Waals surface area contributed by atoms with Crippen molar-refractivity contribution in [3.63, 3.8) is 0 Å². The molecule has 1 saturated heterocycles. The Kier molecular flexibility index (Phi) is 4.01. The number of carbonyl (C=O) groups is 2. The van der Waals surface area contributed by atoms with Crippen molar-refractivity contribution in [2.75, 3.05) is 6.54 Å². The summed E-state index contributed by atoms with van der Waals surface area (Å²) in [5, 5.41) is 20.7. The van der Waals surface area contributed by atoms with Crippen molar-refractivity contribution in [1.29, 1.82) is 0 Å². The number of carboxylic acids is 2. The minimum absolute atomic E-state index is 0.235. The Hall–Kier alpha value is -2.08. The monoisotopic (exact) mass is 265 g/mol. The van der Waals surface area contributed by atoms with Crippen LogP contribution in [0.5, 0.6) is 5.75 Å². The summed E-state index contributed by atoms with van der Waals surface area (Å²) in [6, 6.07) is 8.08. The molecule has 19 heavy (non-hydrogen) atoms. The first-order valence-electron chi connectivity index (χ1n) is 5.97. The van der Waals surface area contributed by atoms with E-state index in [1.807, 2.05) is 6.07 Å². The van der Waals surface area contributed by atoms with E-state index in [4.69, 9.17) is 14.9 Å². The molecule has 0 aliphatic carbocycles. The highest BCUT2D eigenvalue weighted by molar-refractivity contribution is 5.76. The van der Waals surface area contributed by atoms with Gasteiger partial charge < -0.3 is 20.3 Å². The van der Waals surface area contributed by atoms with Gasteiger partial charge in [-0.3, -0.25) is 9.59 Å². The van der Waals surface area contributed by atoms with E-state index in [0.717, 1.165) is 0 Å². The van der Waals surface area contributed by atoms with E-state index in [0.29, 0.717) is 12.3 Å². The number of para-hydroxylation sites is 1. The molecule has 0 spiro atoms. The number of hydrogen-bond donors (Lipinski definition) is 3. The maximum atomic E-state index is 11.1. The molecule has 0 radical (unpaired) electrons. The highest BCUT2D eigenvalue weighted by Gasteiger charge is 2.42. The summed E-state index contributed by atoms with van der Waals surface area (Å²) >= 11 is 0. The van der Waals surface area contributed by atoms with Gasteiger partial charge in [0.1, 0.15) is 17.9 Å². The number of rotatable bonds is 5. The van der Waals surface area contributed by atoms with Gasteiger partial charge in [0, 0.05) is 12.5 Å². The number of benzene rings is 1. The van der Waals surface area contributed by atoms with Crippen LogP contribution in [0.3, 0.4) is 0 Å². The third-order valence-corrected chi connectivity index (χ3v) is 3.15. The number of ether oxygens (including phenoxy) is 1. The van der Waals surface area contributed by atoms with Crippen LogP contribution >= 0.6 is 0 Å². The normalized spacial score (nSPS) is 26.0. The molecule has 3 N–H and O–H groups in total. The molecule has 1 aromatic rings. The molecule has 1 aliphatic rings. The first kappa shape index (κ1) is 13.4. The molecule has 2 unspecified atom stereocenters. The van der Waals surface area contributed by atoms with Crippen LogP contribution in [0.25, 0.3) is 0 Å². The average molecular weight is 265 g/mol. The van der Waals surface area contributed by atoms with Gasteiger partial charge in [0.25, 0.3) is 0 Å². The molecule has 0 aromatic heterocycles. The molecule has 6 heteroatoms. The van der Waals surface area contributed by atoms with Crippen LogP contribution in [0.4, 0.5) is 0 Å². The number of aliphatic carboxylic acids is 2. The smallest absolute Gasteiger partial charge is 0.321 e. The van der Waals surface area contributed by atoms with Crippen LogP contribution in [0.1, 0.15) is 6.42 Å². The van der Waals surface area contributed by atoms with Gasteiger partial charge in [-0.15, -0.1) is 0 Å². The van der Waals surface area contributed by atoms with Crippen LogP contribution in [0, 0.1) is 5.92 Å². The Labute approximate surface area is 110 Å². The lowest BCUT2D eigenvalue weighted by Gasteiger charge is -2.21. The Bertz CT molecular complexity index is 461. The molecule has 1 aliphatic heterocycles. The predicted octanol–water partition coefficient (Wildman–Crippen LogP) is 0.581. The predicted molar refractivity (Wildman–Crippen MR) is 66.0 cm³/mol. The van der Waals surface area contributed by atoms with E-state index in [1.165, 1.54) is 0 Å². The minimum Gasteiger partial charge on any atom is -0.489 e. The van der Waals surface area contributed by atoms with Gasteiger partial charge in [0.05, 0.1) is 6.42 Å². The lowest BCUT2D eigenvalue weighted by atomic mass is 9.94. The van der Waals surface area contributed by atoms with Crippen molar-refractivity contribution in [3.05, 3.63) is 30.3 Å². The van der Waals surface area contributed by atoms with Gasteiger partial charge in [-0.1, -0.05) is 18.2 Å². The van der Waals surface area contributed by atoms with Crippen molar-refractivity contribution in [2.24, 2.45) is 5.92 Å². The molecule has 1 fully saturated rings. The first-order chi connectivity index (χ1) is 9.08. The average Bonchev–Trinajstić information content (AvgIpc) is 2.73. The summed E-state index contributed by atoms with van der Waals surface area (Å²) in [5.74, 6) is -2.06. The largest absolute Gasteiger partial charge is 0.489 e. The maximum Gasteiger partial charge on any atom is 0.321 e. The number of carboxylic acid groups (broad SMARTS) is 2. The van der Waals surface area contributed by atoms with Crippen LogP contribution in [0.2, 0.25) is 0 Å². The summed E-state index contributed by atoms with van der Waals surface area (Å²) in [5.41, 5.74) is 0. The van der Waals surface area contributed by atoms with Gasteiger partial charge in [0.2, 0.25) is 0 Å². The lowest BCUT2D eigenvalue weighted by Crippen LogP contribution is -2.38. The van der Waals surface area contributed by atoms with E-state index in [2.05, 4.69) is 5.32 Å². The fourth-order valence-electron chi connectivity index (χ4n) is 2.28. The zero-order chi connectivity index (χ0) is 13.8. The molecule has 1 aromatic carbocycles. The molecule has 2 rings (SSSR count). The fourth-order valence-corrected chi connectivity index (χ4v) is 2.28. The van der Waals surface area contributed by atoms with Crippen molar-refractivity contribution >= 4 is 11.9 Å². The lowest BCUT2D eigenvalue weighted by molar-refractivity contribution is -0.142. The second kappa shape index (κ2) is 5.71. The maximum absolute atomic E-state index is 11.1. The van der Waals surface area contributed by atoms with Crippen molar-refractivity contribution in [3.8, 4) is 5.75 Å². The summed E-state index contributed by atoms with van der Waals surface area (Å²) < 4.78 is 5.68. The van der Waals surface area contributed by atoms with E-state index in [9.17, 15) is 9.59 Å².